The van der Waals surface area contributed by atoms with Crippen LogP contribution in [-0.4, -0.2) is 50.4 Å². The summed E-state index contributed by atoms with van der Waals surface area (Å²) in [6.07, 6.45) is 8.16. The number of anilines is 3. The van der Waals surface area contributed by atoms with Gasteiger partial charge in [0.15, 0.2) is 0 Å². The molecule has 162 valence electrons. The van der Waals surface area contributed by atoms with E-state index in [1.165, 1.54) is 12.8 Å². The molecule has 0 radical (unpaired) electrons. The van der Waals surface area contributed by atoms with E-state index in [0.29, 0.717) is 17.2 Å². The summed E-state index contributed by atoms with van der Waals surface area (Å²) in [5, 5.41) is 6.35. The van der Waals surface area contributed by atoms with Gasteiger partial charge in [0.05, 0.1) is 16.2 Å². The molecule has 3 heterocycles. The molecule has 3 fully saturated rings. The lowest BCUT2D eigenvalue weighted by atomic mass is 9.63. The van der Waals surface area contributed by atoms with E-state index in [4.69, 9.17) is 0 Å². The standard InChI is InChI=1S/C23H27N5O2S/c1-28-10-8-22(9-11-28)12-17(13-22)31(30)16-4-2-15(3-5-16)25-21-24-14-18-19(27-21)26-20(29)23(18)6-7-23/h2-5,14,17H,6-13H2,1H3,(H2,24,25,26,27,29). The van der Waals surface area contributed by atoms with Gasteiger partial charge in [0, 0.05) is 27.6 Å². The van der Waals surface area contributed by atoms with Crippen molar-refractivity contribution < 1.29 is 9.00 Å². The maximum absolute atomic E-state index is 13.0. The molecule has 1 aromatic heterocycles. The van der Waals surface area contributed by atoms with Crippen molar-refractivity contribution in [3.8, 4) is 0 Å². The van der Waals surface area contributed by atoms with Crippen molar-refractivity contribution in [2.45, 2.75) is 54.1 Å². The van der Waals surface area contributed by atoms with Crippen molar-refractivity contribution in [3.63, 3.8) is 0 Å². The molecule has 0 bridgehead atoms. The number of carbonyl (C=O) groups is 1. The Labute approximate surface area is 184 Å². The Kier molecular flexibility index (Phi) is 4.27. The number of amides is 1. The lowest BCUT2D eigenvalue weighted by molar-refractivity contribution is -0.117. The number of nitrogens with zero attached hydrogens (tertiary/aromatic N) is 3. The van der Waals surface area contributed by atoms with Crippen LogP contribution in [0.2, 0.25) is 0 Å². The zero-order valence-corrected chi connectivity index (χ0v) is 18.5. The van der Waals surface area contributed by atoms with E-state index in [9.17, 15) is 9.00 Å². The second-order valence-corrected chi connectivity index (χ2v) is 11.5. The van der Waals surface area contributed by atoms with Gasteiger partial charge in [-0.3, -0.25) is 9.00 Å². The summed E-state index contributed by atoms with van der Waals surface area (Å²) < 4.78 is 13.0. The molecule has 8 heteroatoms. The molecule has 6 rings (SSSR count). The van der Waals surface area contributed by atoms with Gasteiger partial charge in [-0.2, -0.15) is 4.98 Å². The second kappa shape index (κ2) is 6.84. The molecule has 4 aliphatic rings. The van der Waals surface area contributed by atoms with Gasteiger partial charge in [0.1, 0.15) is 5.82 Å². The zero-order chi connectivity index (χ0) is 21.2. The van der Waals surface area contributed by atoms with Crippen molar-refractivity contribution in [1.82, 2.24) is 14.9 Å². The molecule has 2 aliphatic heterocycles. The SMILES string of the molecule is CN1CCC2(CC1)CC(S(=O)c1ccc(Nc3ncc4c(n3)NC(=O)C43CC3)cc1)C2. The highest BCUT2D eigenvalue weighted by molar-refractivity contribution is 7.85. The van der Waals surface area contributed by atoms with Crippen molar-refractivity contribution in [1.29, 1.82) is 0 Å². The molecule has 31 heavy (non-hydrogen) atoms. The predicted octanol–water partition coefficient (Wildman–Crippen LogP) is 3.19. The Morgan fingerprint density at radius 1 is 1.13 bits per heavy atom. The summed E-state index contributed by atoms with van der Waals surface area (Å²) in [5.41, 5.74) is 1.82. The van der Waals surface area contributed by atoms with Gasteiger partial charge in [-0.05, 0) is 88.3 Å². The Hall–Kier alpha value is -2.32. The first-order valence-corrected chi connectivity index (χ1v) is 12.3. The number of carbonyl (C=O) groups excluding carboxylic acids is 1. The number of likely N-dealkylation sites (tertiary alicyclic amines) is 1. The predicted molar refractivity (Wildman–Crippen MR) is 120 cm³/mol. The molecule has 2 aliphatic carbocycles. The maximum Gasteiger partial charge on any atom is 0.236 e. The van der Waals surface area contributed by atoms with Crippen molar-refractivity contribution in [2.75, 3.05) is 30.8 Å². The third kappa shape index (κ3) is 3.19. The van der Waals surface area contributed by atoms with Gasteiger partial charge >= 0.3 is 0 Å². The number of aromatic nitrogens is 2. The summed E-state index contributed by atoms with van der Waals surface area (Å²) in [4.78, 5) is 24.3. The van der Waals surface area contributed by atoms with Crippen LogP contribution in [0, 0.1) is 5.41 Å². The first kappa shape index (κ1) is 19.4. The maximum atomic E-state index is 13.0. The minimum Gasteiger partial charge on any atom is -0.324 e. The monoisotopic (exact) mass is 437 g/mol. The van der Waals surface area contributed by atoms with Gasteiger partial charge < -0.3 is 15.5 Å². The molecule has 1 unspecified atom stereocenters. The highest BCUT2D eigenvalue weighted by atomic mass is 32.2. The topological polar surface area (TPSA) is 87.2 Å². The molecule has 1 aromatic carbocycles. The number of fused-ring (bicyclic) bond motifs is 2. The summed E-state index contributed by atoms with van der Waals surface area (Å²) in [5.74, 6) is 1.11. The zero-order valence-electron chi connectivity index (χ0n) is 17.7. The number of hydrogen-bond acceptors (Lipinski definition) is 6. The van der Waals surface area contributed by atoms with Crippen LogP contribution in [0.1, 0.15) is 44.1 Å². The van der Waals surface area contributed by atoms with E-state index < -0.39 is 10.8 Å². The first-order valence-electron chi connectivity index (χ1n) is 11.1. The fraction of sp³-hybridized carbons (Fsp3) is 0.522. The molecular weight excluding hydrogens is 410 g/mol. The van der Waals surface area contributed by atoms with Crippen LogP contribution in [-0.2, 0) is 21.0 Å². The molecule has 2 saturated carbocycles. The molecule has 1 amide bonds. The van der Waals surface area contributed by atoms with Crippen LogP contribution in [0.25, 0.3) is 0 Å². The van der Waals surface area contributed by atoms with Crippen LogP contribution in [0.3, 0.4) is 0 Å². The van der Waals surface area contributed by atoms with Crippen LogP contribution >= 0.6 is 0 Å². The molecule has 2 spiro atoms. The van der Waals surface area contributed by atoms with Gasteiger partial charge in [-0.15, -0.1) is 0 Å². The van der Waals surface area contributed by atoms with Gasteiger partial charge in [0.25, 0.3) is 0 Å². The first-order chi connectivity index (χ1) is 15.0. The van der Waals surface area contributed by atoms with E-state index in [-0.39, 0.29) is 16.6 Å². The van der Waals surface area contributed by atoms with Crippen LogP contribution in [0.4, 0.5) is 17.5 Å². The summed E-state index contributed by atoms with van der Waals surface area (Å²) in [6.45, 7) is 2.32. The Bertz CT molecular complexity index is 1070. The molecule has 1 atom stereocenters. The van der Waals surface area contributed by atoms with Crippen LogP contribution < -0.4 is 10.6 Å². The van der Waals surface area contributed by atoms with Crippen LogP contribution in [0.5, 0.6) is 0 Å². The minimum absolute atomic E-state index is 0.0406. The number of nitrogens with one attached hydrogen (secondary N) is 2. The largest absolute Gasteiger partial charge is 0.324 e. The normalized spacial score (nSPS) is 24.5. The van der Waals surface area contributed by atoms with Crippen LogP contribution in [0.15, 0.2) is 35.4 Å². The number of benzene rings is 1. The quantitative estimate of drug-likeness (QED) is 0.764. The number of hydrogen-bond donors (Lipinski definition) is 2. The number of rotatable bonds is 4. The minimum atomic E-state index is -0.958. The Morgan fingerprint density at radius 2 is 1.84 bits per heavy atom. The third-order valence-corrected chi connectivity index (χ3v) is 9.41. The van der Waals surface area contributed by atoms with Gasteiger partial charge in [-0.25, -0.2) is 4.98 Å². The highest BCUT2D eigenvalue weighted by Gasteiger charge is 2.57. The molecular formula is C23H27N5O2S. The van der Waals surface area contributed by atoms with Gasteiger partial charge in [0.2, 0.25) is 11.9 Å². The van der Waals surface area contributed by atoms with E-state index in [0.717, 1.165) is 54.9 Å². The average molecular weight is 438 g/mol. The fourth-order valence-corrected chi connectivity index (χ4v) is 7.21. The van der Waals surface area contributed by atoms with E-state index in [2.05, 4.69) is 32.5 Å². The average Bonchev–Trinajstić information content (AvgIpc) is 3.50. The smallest absolute Gasteiger partial charge is 0.236 e. The molecule has 7 nitrogen and oxygen atoms in total. The van der Waals surface area contributed by atoms with Crippen molar-refractivity contribution in [3.05, 3.63) is 36.0 Å². The lowest BCUT2D eigenvalue weighted by Crippen LogP contribution is -2.49. The Morgan fingerprint density at radius 3 is 2.52 bits per heavy atom. The second-order valence-electron chi connectivity index (χ2n) is 9.77. The summed E-state index contributed by atoms with van der Waals surface area (Å²) in [7, 11) is 1.23. The molecule has 1 saturated heterocycles. The number of piperidine rings is 1. The summed E-state index contributed by atoms with van der Waals surface area (Å²) in [6, 6.07) is 7.72. The van der Waals surface area contributed by atoms with E-state index >= 15 is 0 Å². The van der Waals surface area contributed by atoms with Gasteiger partial charge in [-0.1, -0.05) is 0 Å². The van der Waals surface area contributed by atoms with Crippen molar-refractivity contribution >= 4 is 34.2 Å². The third-order valence-electron chi connectivity index (χ3n) is 7.74. The lowest BCUT2D eigenvalue weighted by Gasteiger charge is -2.51. The fourth-order valence-electron chi connectivity index (χ4n) is 5.41. The molecule has 2 aromatic rings. The summed E-state index contributed by atoms with van der Waals surface area (Å²) >= 11 is 0. The van der Waals surface area contributed by atoms with E-state index in [1.807, 2.05) is 24.3 Å². The molecule has 2 N–H and O–H groups in total. The van der Waals surface area contributed by atoms with Crippen molar-refractivity contribution in [2.24, 2.45) is 5.41 Å². The van der Waals surface area contributed by atoms with E-state index in [1.54, 1.807) is 6.20 Å². The highest BCUT2D eigenvalue weighted by Crippen LogP contribution is 2.54. The Balaban J connectivity index is 1.10.